The highest BCUT2D eigenvalue weighted by molar-refractivity contribution is 7.26. The third kappa shape index (κ3) is 12.5. The van der Waals surface area contributed by atoms with E-state index in [0.717, 1.165) is 34.1 Å². The van der Waals surface area contributed by atoms with Crippen molar-refractivity contribution in [3.8, 4) is 89.0 Å². The zero-order chi connectivity index (χ0) is 73.9. The molecule has 2 heterocycles. The summed E-state index contributed by atoms with van der Waals surface area (Å²) >= 11 is 3.78. The summed E-state index contributed by atoms with van der Waals surface area (Å²) < 4.78 is 5.29. The molecule has 21 rings (SSSR count). The van der Waals surface area contributed by atoms with Crippen LogP contribution in [0.25, 0.3) is 151 Å². The lowest BCUT2D eigenvalue weighted by Crippen LogP contribution is -2.16. The number of hydrogen-bond acceptors (Lipinski definition) is 4. The predicted octanol–water partition coefficient (Wildman–Crippen LogP) is 31.3. The average molecular weight is 1450 g/mol. The highest BCUT2D eigenvalue weighted by atomic mass is 32.1. The van der Waals surface area contributed by atoms with Gasteiger partial charge in [-0.1, -0.05) is 305 Å². The molecule has 0 fully saturated rings. The molecule has 524 valence electrons. The van der Waals surface area contributed by atoms with E-state index in [1.807, 2.05) is 22.7 Å². The summed E-state index contributed by atoms with van der Waals surface area (Å²) in [6, 6.07) is 151. The summed E-state index contributed by atoms with van der Waals surface area (Å²) in [5.41, 5.74) is 29.2. The van der Waals surface area contributed by atoms with Gasteiger partial charge >= 0.3 is 0 Å². The monoisotopic (exact) mass is 1450 g/mol. The van der Waals surface area contributed by atoms with Crippen LogP contribution < -0.4 is 9.80 Å². The van der Waals surface area contributed by atoms with Crippen molar-refractivity contribution in [3.63, 3.8) is 0 Å². The van der Waals surface area contributed by atoms with Crippen molar-refractivity contribution >= 4 is 119 Å². The molecule has 0 saturated heterocycles. The van der Waals surface area contributed by atoms with Crippen molar-refractivity contribution in [2.24, 2.45) is 0 Å². The standard InChI is InChI=1S/C55H39NS.C52H35NS/c1-55(2)51-18-10-8-16-46(51)47-31-30-45(35-52(47)55)56(43-26-22-38(23-27-43)36-12-4-3-5-13-36)44-28-24-39(25-29-44)42-33-49(41-21-20-37-14-6-7-15-40(37)32-41)54-50(34-42)48-17-9-11-19-53(48)57-54;1-3-11-36(12-4-1)39-21-27-45(28-22-39)53(46-29-23-40(24-30-46)37-13-5-2-6-14-37)47-31-25-41(26-32-47)44-34-49(43-20-19-38-15-7-8-16-42(38)33-43)52-50(35-44)48-17-9-10-18-51(48)54-52/h3-35H,1-2H3;1-35H. The van der Waals surface area contributed by atoms with Crippen LogP contribution >= 0.6 is 22.7 Å². The summed E-state index contributed by atoms with van der Waals surface area (Å²) in [4.78, 5) is 4.76. The van der Waals surface area contributed by atoms with Crippen LogP contribution in [-0.4, -0.2) is 0 Å². The molecule has 0 amide bonds. The molecule has 0 N–H and O–H groups in total. The molecule has 0 aliphatic heterocycles. The third-order valence-electron chi connectivity index (χ3n) is 22.5. The molecule has 20 aromatic rings. The third-order valence-corrected chi connectivity index (χ3v) is 25.0. The number of nitrogens with zero attached hydrogens (tertiary/aromatic N) is 2. The van der Waals surface area contributed by atoms with Gasteiger partial charge in [0.15, 0.2) is 0 Å². The maximum Gasteiger partial charge on any atom is 0.0465 e. The van der Waals surface area contributed by atoms with E-state index in [2.05, 4.69) is 436 Å². The molecule has 4 heteroatoms. The highest BCUT2D eigenvalue weighted by Gasteiger charge is 2.36. The molecule has 111 heavy (non-hydrogen) atoms. The van der Waals surface area contributed by atoms with Gasteiger partial charge in [0.1, 0.15) is 0 Å². The van der Waals surface area contributed by atoms with Gasteiger partial charge in [0.2, 0.25) is 0 Å². The lowest BCUT2D eigenvalue weighted by Gasteiger charge is -2.28. The summed E-state index contributed by atoms with van der Waals surface area (Å²) in [6.45, 7) is 4.71. The van der Waals surface area contributed by atoms with E-state index in [0.29, 0.717) is 0 Å². The van der Waals surface area contributed by atoms with Crippen LogP contribution in [0.5, 0.6) is 0 Å². The molecule has 0 radical (unpaired) electrons. The summed E-state index contributed by atoms with van der Waals surface area (Å²) in [5.74, 6) is 0. The maximum absolute atomic E-state index is 2.42. The Morgan fingerprint density at radius 3 is 0.910 bits per heavy atom. The minimum Gasteiger partial charge on any atom is -0.311 e. The molecule has 0 saturated carbocycles. The maximum atomic E-state index is 2.42. The van der Waals surface area contributed by atoms with E-state index in [1.165, 1.54) is 162 Å². The van der Waals surface area contributed by atoms with Gasteiger partial charge in [-0.3, -0.25) is 0 Å². The number of thiophene rings is 2. The van der Waals surface area contributed by atoms with E-state index >= 15 is 0 Å². The smallest absolute Gasteiger partial charge is 0.0465 e. The van der Waals surface area contributed by atoms with Crippen LogP contribution in [-0.2, 0) is 5.41 Å². The quantitative estimate of drug-likeness (QED) is 0.114. The second-order valence-corrected chi connectivity index (χ2v) is 31.6. The molecule has 1 aliphatic carbocycles. The first kappa shape index (κ1) is 66.9. The Morgan fingerprint density at radius 1 is 0.189 bits per heavy atom. The molecule has 2 nitrogen and oxygen atoms in total. The van der Waals surface area contributed by atoms with Crippen molar-refractivity contribution in [1.82, 2.24) is 0 Å². The minimum absolute atomic E-state index is 0.0954. The molecule has 0 atom stereocenters. The lowest BCUT2D eigenvalue weighted by atomic mass is 9.82. The highest BCUT2D eigenvalue weighted by Crippen LogP contribution is 2.52. The number of fused-ring (bicyclic) bond motifs is 11. The van der Waals surface area contributed by atoms with Crippen molar-refractivity contribution < 1.29 is 0 Å². The number of anilines is 6. The van der Waals surface area contributed by atoms with Gasteiger partial charge in [-0.05, 0) is 232 Å². The zero-order valence-corrected chi connectivity index (χ0v) is 63.1. The fourth-order valence-corrected chi connectivity index (χ4v) is 19.2. The van der Waals surface area contributed by atoms with Crippen LogP contribution in [0.1, 0.15) is 25.0 Å². The number of hydrogen-bond donors (Lipinski definition) is 0. The first-order chi connectivity index (χ1) is 54.7. The van der Waals surface area contributed by atoms with Crippen molar-refractivity contribution in [1.29, 1.82) is 0 Å². The van der Waals surface area contributed by atoms with E-state index in [1.54, 1.807) is 0 Å². The Kier molecular flexibility index (Phi) is 17.0. The Labute approximate surface area is 655 Å². The number of benzene rings is 18. The fourth-order valence-electron chi connectivity index (χ4n) is 16.8. The largest absolute Gasteiger partial charge is 0.311 e. The topological polar surface area (TPSA) is 6.48 Å². The van der Waals surface area contributed by atoms with Crippen molar-refractivity contribution in [2.75, 3.05) is 9.80 Å². The second-order valence-electron chi connectivity index (χ2n) is 29.5. The Hall–Kier alpha value is -13.5. The molecule has 1 aliphatic rings. The van der Waals surface area contributed by atoms with Crippen molar-refractivity contribution in [2.45, 2.75) is 19.3 Å². The van der Waals surface area contributed by atoms with Crippen LogP contribution in [0, 0.1) is 0 Å². The van der Waals surface area contributed by atoms with Gasteiger partial charge in [-0.25, -0.2) is 0 Å². The van der Waals surface area contributed by atoms with Crippen LogP contribution in [0.4, 0.5) is 34.1 Å². The summed E-state index contributed by atoms with van der Waals surface area (Å²) in [7, 11) is 0. The van der Waals surface area contributed by atoms with E-state index < -0.39 is 0 Å². The second kappa shape index (κ2) is 28.3. The normalized spacial score (nSPS) is 12.1. The van der Waals surface area contributed by atoms with E-state index in [-0.39, 0.29) is 5.41 Å². The van der Waals surface area contributed by atoms with Crippen LogP contribution in [0.15, 0.2) is 413 Å². The Bertz CT molecular complexity index is 6780. The first-order valence-electron chi connectivity index (χ1n) is 38.2. The van der Waals surface area contributed by atoms with Gasteiger partial charge in [0.05, 0.1) is 0 Å². The SMILES string of the molecule is CC1(C)c2ccccc2-c2ccc(N(c3ccc(-c4ccccc4)cc3)c3ccc(-c4cc(-c5ccc6ccccc6c5)c5sc6ccccc6c5c4)cc3)cc21.c1ccc(-c2ccc(N(c3ccc(-c4ccccc4)cc3)c3ccc(-c4cc(-c5ccc6ccccc6c5)c5sc6ccccc6c5c4)cc3)cc2)cc1. The molecular formula is C107H74N2S2. The van der Waals surface area contributed by atoms with Crippen LogP contribution in [0.2, 0.25) is 0 Å². The fraction of sp³-hybridized carbons (Fsp3) is 0.0280. The van der Waals surface area contributed by atoms with Gasteiger partial charge in [-0.2, -0.15) is 0 Å². The Morgan fingerprint density at radius 2 is 0.495 bits per heavy atom. The molecule has 18 aromatic carbocycles. The summed E-state index contributed by atoms with van der Waals surface area (Å²) in [6.07, 6.45) is 0. The van der Waals surface area contributed by atoms with Crippen LogP contribution in [0.3, 0.4) is 0 Å². The molecule has 0 bridgehead atoms. The van der Waals surface area contributed by atoms with Gasteiger partial charge in [0, 0.05) is 91.0 Å². The predicted molar refractivity (Wildman–Crippen MR) is 479 cm³/mol. The zero-order valence-electron chi connectivity index (χ0n) is 61.5. The van der Waals surface area contributed by atoms with E-state index in [9.17, 15) is 0 Å². The average Bonchev–Trinajstić information content (AvgIpc) is 1.59. The lowest BCUT2D eigenvalue weighted by molar-refractivity contribution is 0.660. The molecule has 0 unspecified atom stereocenters. The van der Waals surface area contributed by atoms with Gasteiger partial charge < -0.3 is 9.80 Å². The Balaban J connectivity index is 0.000000145. The number of rotatable bonds is 13. The minimum atomic E-state index is -0.0954. The van der Waals surface area contributed by atoms with Gasteiger partial charge in [0.25, 0.3) is 0 Å². The van der Waals surface area contributed by atoms with Crippen molar-refractivity contribution in [3.05, 3.63) is 424 Å². The van der Waals surface area contributed by atoms with E-state index in [4.69, 9.17) is 0 Å². The molecule has 2 aromatic heterocycles. The first-order valence-corrected chi connectivity index (χ1v) is 39.8. The summed E-state index contributed by atoms with van der Waals surface area (Å²) in [5, 5.41) is 10.3. The van der Waals surface area contributed by atoms with Gasteiger partial charge in [-0.15, -0.1) is 22.7 Å². The molecule has 0 spiro atoms. The molecular weight excluding hydrogens is 1380 g/mol.